The van der Waals surface area contributed by atoms with E-state index in [9.17, 15) is 13.6 Å². The van der Waals surface area contributed by atoms with E-state index in [1.54, 1.807) is 12.1 Å². The van der Waals surface area contributed by atoms with Gasteiger partial charge in [-0.05, 0) is 55.3 Å². The van der Waals surface area contributed by atoms with Gasteiger partial charge >= 0.3 is 0 Å². The molecule has 0 radical (unpaired) electrons. The Morgan fingerprint density at radius 3 is 2.45 bits per heavy atom. The number of nitrogens with one attached hydrogen (secondary N) is 4. The van der Waals surface area contributed by atoms with Crippen LogP contribution in [0.3, 0.4) is 0 Å². The van der Waals surface area contributed by atoms with Crippen molar-refractivity contribution in [2.45, 2.75) is 32.0 Å². The molecule has 2 atom stereocenters. The van der Waals surface area contributed by atoms with E-state index in [0.29, 0.717) is 37.7 Å². The van der Waals surface area contributed by atoms with E-state index < -0.39 is 11.7 Å². The molecule has 2 aromatic rings. The molecule has 1 aliphatic rings. The molecule has 166 valence electrons. The predicted molar refractivity (Wildman–Crippen MR) is 114 cm³/mol. The molecule has 0 bridgehead atoms. The van der Waals surface area contributed by atoms with Gasteiger partial charge in [-0.15, -0.1) is 0 Å². The summed E-state index contributed by atoms with van der Waals surface area (Å²) in [6, 6.07) is 11.5. The van der Waals surface area contributed by atoms with Crippen LogP contribution in [-0.2, 0) is 4.74 Å². The topological polar surface area (TPSA) is 86.8 Å². The van der Waals surface area contributed by atoms with E-state index in [1.807, 2.05) is 6.92 Å². The highest BCUT2D eigenvalue weighted by molar-refractivity contribution is 6.02. The van der Waals surface area contributed by atoms with Crippen LogP contribution in [0.2, 0.25) is 0 Å². The fourth-order valence-electron chi connectivity index (χ4n) is 3.14. The number of benzene rings is 2. The number of aliphatic imine (C=N–C) groups is 1. The largest absolute Gasteiger partial charge is 0.382 e. The van der Waals surface area contributed by atoms with E-state index >= 15 is 0 Å². The first kappa shape index (κ1) is 22.8. The number of carbonyl (C=O) groups is 1. The van der Waals surface area contributed by atoms with Crippen LogP contribution in [0.5, 0.6) is 0 Å². The molecule has 0 spiro atoms. The van der Waals surface area contributed by atoms with Gasteiger partial charge in [-0.3, -0.25) is 4.79 Å². The van der Waals surface area contributed by atoms with E-state index in [-0.39, 0.29) is 18.0 Å². The first-order valence-electron chi connectivity index (χ1n) is 10.3. The Hall–Kier alpha value is -2.88. The van der Waals surface area contributed by atoms with Crippen molar-refractivity contribution in [3.05, 3.63) is 71.3 Å². The lowest BCUT2D eigenvalue weighted by molar-refractivity contribution is 0.100. The summed E-state index contributed by atoms with van der Waals surface area (Å²) in [5.41, 5.74) is 7.52. The molecule has 0 saturated carbocycles. The van der Waals surface area contributed by atoms with Gasteiger partial charge in [0.05, 0.1) is 6.17 Å². The molecule has 1 heterocycles. The first-order chi connectivity index (χ1) is 15.0. The van der Waals surface area contributed by atoms with Crippen molar-refractivity contribution in [2.75, 3.05) is 19.8 Å². The van der Waals surface area contributed by atoms with Crippen molar-refractivity contribution in [1.29, 1.82) is 0 Å². The van der Waals surface area contributed by atoms with Gasteiger partial charge in [0, 0.05) is 37.8 Å². The monoisotopic (exact) mass is 431 g/mol. The van der Waals surface area contributed by atoms with E-state index in [4.69, 9.17) is 4.74 Å². The average molecular weight is 431 g/mol. The molecule has 0 aromatic heterocycles. The molecular formula is C22H27F2N5O2. The highest BCUT2D eigenvalue weighted by Gasteiger charge is 2.26. The predicted octanol–water partition coefficient (Wildman–Crippen LogP) is 2.63. The third kappa shape index (κ3) is 7.09. The summed E-state index contributed by atoms with van der Waals surface area (Å²) in [4.78, 5) is 16.6. The Kier molecular flexibility index (Phi) is 8.45. The van der Waals surface area contributed by atoms with E-state index in [1.165, 1.54) is 36.4 Å². The summed E-state index contributed by atoms with van der Waals surface area (Å²) in [6.07, 6.45) is 1.18. The smallest absolute Gasteiger partial charge is 0.280 e. The molecule has 1 aliphatic heterocycles. The number of halogens is 2. The van der Waals surface area contributed by atoms with Gasteiger partial charge in [0.2, 0.25) is 5.96 Å². The van der Waals surface area contributed by atoms with Crippen molar-refractivity contribution in [1.82, 2.24) is 21.5 Å². The maximum atomic E-state index is 13.2. The maximum absolute atomic E-state index is 13.2. The van der Waals surface area contributed by atoms with Gasteiger partial charge < -0.3 is 15.4 Å². The highest BCUT2D eigenvalue weighted by atomic mass is 19.1. The zero-order valence-electron chi connectivity index (χ0n) is 17.3. The SMILES string of the molecule is CCOCCCN/C(=N/C(=O)c1ccc(F)cc1)NC1CC(c2ccc(F)cc2)NN1. The van der Waals surface area contributed by atoms with Gasteiger partial charge in [0.15, 0.2) is 0 Å². The number of hydrogen-bond acceptors (Lipinski definition) is 4. The maximum Gasteiger partial charge on any atom is 0.280 e. The molecule has 0 aliphatic carbocycles. The zero-order valence-corrected chi connectivity index (χ0v) is 17.3. The Bertz CT molecular complexity index is 874. The van der Waals surface area contributed by atoms with E-state index in [2.05, 4.69) is 26.5 Å². The number of nitrogens with zero attached hydrogens (tertiary/aromatic N) is 1. The Morgan fingerprint density at radius 1 is 1.10 bits per heavy atom. The number of hydrogen-bond donors (Lipinski definition) is 4. The lowest BCUT2D eigenvalue weighted by Crippen LogP contribution is -2.49. The third-order valence-corrected chi connectivity index (χ3v) is 4.75. The summed E-state index contributed by atoms with van der Waals surface area (Å²) in [6.45, 7) is 3.73. The van der Waals surface area contributed by atoms with Gasteiger partial charge in [0.1, 0.15) is 11.6 Å². The van der Waals surface area contributed by atoms with Gasteiger partial charge in [-0.1, -0.05) is 12.1 Å². The van der Waals surface area contributed by atoms with Crippen LogP contribution >= 0.6 is 0 Å². The van der Waals surface area contributed by atoms with Crippen LogP contribution in [0, 0.1) is 11.6 Å². The molecule has 1 fully saturated rings. The van der Waals surface area contributed by atoms with Crippen LogP contribution in [0.1, 0.15) is 41.7 Å². The summed E-state index contributed by atoms with van der Waals surface area (Å²) in [7, 11) is 0. The molecule has 9 heteroatoms. The van der Waals surface area contributed by atoms with Crippen LogP contribution in [0.25, 0.3) is 0 Å². The Labute approximate surface area is 180 Å². The normalized spacial score (nSPS) is 18.7. The third-order valence-electron chi connectivity index (χ3n) is 4.75. The lowest BCUT2D eigenvalue weighted by atomic mass is 10.0. The minimum absolute atomic E-state index is 0.0231. The number of rotatable bonds is 8. The summed E-state index contributed by atoms with van der Waals surface area (Å²) < 4.78 is 31.6. The number of hydrazine groups is 1. The minimum atomic E-state index is -0.485. The molecular weight excluding hydrogens is 404 g/mol. The second-order valence-electron chi connectivity index (χ2n) is 7.08. The second-order valence-corrected chi connectivity index (χ2v) is 7.08. The average Bonchev–Trinajstić information content (AvgIpc) is 3.23. The van der Waals surface area contributed by atoms with Crippen LogP contribution in [0.15, 0.2) is 53.5 Å². The molecule has 2 unspecified atom stereocenters. The molecule has 1 amide bonds. The van der Waals surface area contributed by atoms with Gasteiger partial charge in [-0.2, -0.15) is 4.99 Å². The number of guanidine groups is 1. The Balaban J connectivity index is 1.63. The molecule has 4 N–H and O–H groups in total. The zero-order chi connectivity index (χ0) is 22.1. The number of amides is 1. The lowest BCUT2D eigenvalue weighted by Gasteiger charge is -2.17. The summed E-state index contributed by atoms with van der Waals surface area (Å²) in [5, 5.41) is 6.31. The van der Waals surface area contributed by atoms with Crippen LogP contribution in [0.4, 0.5) is 8.78 Å². The van der Waals surface area contributed by atoms with E-state index in [0.717, 1.165) is 12.0 Å². The fourth-order valence-corrected chi connectivity index (χ4v) is 3.14. The van der Waals surface area contributed by atoms with Crippen molar-refractivity contribution in [3.63, 3.8) is 0 Å². The van der Waals surface area contributed by atoms with Gasteiger partial charge in [0.25, 0.3) is 5.91 Å². The minimum Gasteiger partial charge on any atom is -0.382 e. The number of carbonyl (C=O) groups excluding carboxylic acids is 1. The Morgan fingerprint density at radius 2 is 1.77 bits per heavy atom. The number of ether oxygens (including phenoxy) is 1. The molecule has 7 nitrogen and oxygen atoms in total. The molecule has 31 heavy (non-hydrogen) atoms. The van der Waals surface area contributed by atoms with Gasteiger partial charge in [-0.25, -0.2) is 19.6 Å². The van der Waals surface area contributed by atoms with Crippen molar-refractivity contribution < 1.29 is 18.3 Å². The highest BCUT2D eigenvalue weighted by Crippen LogP contribution is 2.21. The summed E-state index contributed by atoms with van der Waals surface area (Å²) >= 11 is 0. The van der Waals surface area contributed by atoms with Crippen LogP contribution < -0.4 is 21.5 Å². The van der Waals surface area contributed by atoms with Crippen molar-refractivity contribution in [3.8, 4) is 0 Å². The standard InChI is InChI=1S/C22H27F2N5O2/c1-2-31-13-3-12-25-22(27-21(30)16-6-10-18(24)11-7-16)26-20-14-19(28-29-20)15-4-8-17(23)9-5-15/h4-11,19-20,28-29H,2-3,12-14H2,1H3,(H2,25,26,27,30). The van der Waals surface area contributed by atoms with Crippen molar-refractivity contribution in [2.24, 2.45) is 4.99 Å². The first-order valence-corrected chi connectivity index (χ1v) is 10.3. The molecule has 1 saturated heterocycles. The summed E-state index contributed by atoms with van der Waals surface area (Å²) in [5.74, 6) is -0.874. The van der Waals surface area contributed by atoms with Crippen LogP contribution in [-0.4, -0.2) is 37.8 Å². The van der Waals surface area contributed by atoms with Crippen molar-refractivity contribution >= 4 is 11.9 Å². The quantitative estimate of drug-likeness (QED) is 0.292. The fraction of sp³-hybridized carbons (Fsp3) is 0.364. The molecule has 3 rings (SSSR count). The second kappa shape index (κ2) is 11.5. The molecule has 2 aromatic carbocycles.